The van der Waals surface area contributed by atoms with Gasteiger partial charge in [-0.05, 0) is 24.5 Å². The summed E-state index contributed by atoms with van der Waals surface area (Å²) >= 11 is 0. The Bertz CT molecular complexity index is 745. The summed E-state index contributed by atoms with van der Waals surface area (Å²) in [6, 6.07) is 7.91. The standard InChI is InChI=1S/C20H24N2O4/c23-18-17(19(24)22-9-11-25-12-10-22)16-13-5-1-2-7-15(13)26-20(21-18)8-4-3-6-14(16)20/h1-2,5,7,14,16-17H,3-4,6,8-12H2,(H,21,23)/t14-,16-,17-,20-/m1/s1. The van der Waals surface area contributed by atoms with Crippen molar-refractivity contribution in [1.82, 2.24) is 10.2 Å². The van der Waals surface area contributed by atoms with Crippen molar-refractivity contribution in [2.45, 2.75) is 37.3 Å². The largest absolute Gasteiger partial charge is 0.467 e. The quantitative estimate of drug-likeness (QED) is 0.777. The zero-order valence-electron chi connectivity index (χ0n) is 14.8. The molecule has 2 saturated heterocycles. The number of morpholine rings is 1. The van der Waals surface area contributed by atoms with Gasteiger partial charge in [-0.3, -0.25) is 9.59 Å². The van der Waals surface area contributed by atoms with Gasteiger partial charge in [-0.1, -0.05) is 24.6 Å². The van der Waals surface area contributed by atoms with Gasteiger partial charge in [-0.2, -0.15) is 0 Å². The molecule has 1 aromatic carbocycles. The van der Waals surface area contributed by atoms with Crippen LogP contribution in [0.5, 0.6) is 5.75 Å². The summed E-state index contributed by atoms with van der Waals surface area (Å²) in [5.74, 6) is -0.0567. The van der Waals surface area contributed by atoms with Gasteiger partial charge < -0.3 is 19.7 Å². The molecule has 1 aromatic rings. The van der Waals surface area contributed by atoms with Crippen LogP contribution < -0.4 is 10.1 Å². The van der Waals surface area contributed by atoms with Gasteiger partial charge in [-0.15, -0.1) is 0 Å². The highest BCUT2D eigenvalue weighted by molar-refractivity contribution is 6.02. The number of hydrogen-bond donors (Lipinski definition) is 1. The van der Waals surface area contributed by atoms with Gasteiger partial charge in [-0.25, -0.2) is 0 Å². The predicted octanol–water partition coefficient (Wildman–Crippen LogP) is 1.65. The van der Waals surface area contributed by atoms with Gasteiger partial charge in [0.25, 0.3) is 0 Å². The molecule has 6 nitrogen and oxygen atoms in total. The summed E-state index contributed by atoms with van der Waals surface area (Å²) in [7, 11) is 0. The molecule has 1 saturated carbocycles. The van der Waals surface area contributed by atoms with Crippen LogP contribution in [-0.2, 0) is 14.3 Å². The maximum Gasteiger partial charge on any atom is 0.236 e. The molecular weight excluding hydrogens is 332 g/mol. The number of hydrogen-bond acceptors (Lipinski definition) is 4. The molecule has 3 heterocycles. The third-order valence-electron chi connectivity index (χ3n) is 6.48. The van der Waals surface area contributed by atoms with E-state index in [0.29, 0.717) is 26.3 Å². The summed E-state index contributed by atoms with van der Waals surface area (Å²) in [6.07, 6.45) is 3.94. The summed E-state index contributed by atoms with van der Waals surface area (Å²) in [4.78, 5) is 28.2. The molecule has 5 rings (SSSR count). The zero-order chi connectivity index (χ0) is 17.7. The van der Waals surface area contributed by atoms with E-state index >= 15 is 0 Å². The van der Waals surface area contributed by atoms with Crippen molar-refractivity contribution in [3.05, 3.63) is 29.8 Å². The number of para-hydroxylation sites is 1. The average molecular weight is 356 g/mol. The van der Waals surface area contributed by atoms with E-state index in [1.807, 2.05) is 24.3 Å². The molecule has 0 unspecified atom stereocenters. The van der Waals surface area contributed by atoms with E-state index in [2.05, 4.69) is 5.32 Å². The molecule has 26 heavy (non-hydrogen) atoms. The number of benzene rings is 1. The number of nitrogens with one attached hydrogen (secondary N) is 1. The van der Waals surface area contributed by atoms with E-state index in [0.717, 1.165) is 37.0 Å². The first-order valence-electron chi connectivity index (χ1n) is 9.66. The van der Waals surface area contributed by atoms with Crippen LogP contribution in [0.1, 0.15) is 37.2 Å². The molecule has 2 amide bonds. The molecule has 1 N–H and O–H groups in total. The van der Waals surface area contributed by atoms with Crippen LogP contribution in [0.2, 0.25) is 0 Å². The Kier molecular flexibility index (Phi) is 3.71. The average Bonchev–Trinajstić information content (AvgIpc) is 2.67. The van der Waals surface area contributed by atoms with Gasteiger partial charge in [0.1, 0.15) is 11.7 Å². The van der Waals surface area contributed by atoms with E-state index in [1.54, 1.807) is 4.90 Å². The molecule has 138 valence electrons. The highest BCUT2D eigenvalue weighted by atomic mass is 16.5. The van der Waals surface area contributed by atoms with Crippen molar-refractivity contribution in [3.63, 3.8) is 0 Å². The summed E-state index contributed by atoms with van der Waals surface area (Å²) in [5, 5.41) is 3.13. The van der Waals surface area contributed by atoms with Crippen molar-refractivity contribution in [2.75, 3.05) is 26.3 Å². The maximum atomic E-state index is 13.3. The summed E-state index contributed by atoms with van der Waals surface area (Å²) in [5.41, 5.74) is 0.368. The van der Waals surface area contributed by atoms with Crippen LogP contribution >= 0.6 is 0 Å². The lowest BCUT2D eigenvalue weighted by Crippen LogP contribution is -2.70. The minimum Gasteiger partial charge on any atom is -0.467 e. The molecule has 3 fully saturated rings. The number of carbonyl (C=O) groups is 2. The van der Waals surface area contributed by atoms with Gasteiger partial charge in [0.15, 0.2) is 5.72 Å². The Morgan fingerprint density at radius 1 is 1.19 bits per heavy atom. The second-order valence-corrected chi connectivity index (χ2v) is 7.81. The van der Waals surface area contributed by atoms with E-state index < -0.39 is 11.6 Å². The van der Waals surface area contributed by atoms with Crippen LogP contribution in [0.4, 0.5) is 0 Å². The van der Waals surface area contributed by atoms with Gasteiger partial charge in [0.05, 0.1) is 13.2 Å². The third-order valence-corrected chi connectivity index (χ3v) is 6.48. The van der Waals surface area contributed by atoms with Crippen LogP contribution in [0.15, 0.2) is 24.3 Å². The minimum absolute atomic E-state index is 0.0633. The third kappa shape index (κ3) is 2.28. The number of piperidine rings is 1. The second kappa shape index (κ2) is 5.98. The van der Waals surface area contributed by atoms with Crippen molar-refractivity contribution >= 4 is 11.8 Å². The zero-order valence-corrected chi connectivity index (χ0v) is 14.8. The van der Waals surface area contributed by atoms with Crippen LogP contribution in [0, 0.1) is 11.8 Å². The monoisotopic (exact) mass is 356 g/mol. The van der Waals surface area contributed by atoms with E-state index in [4.69, 9.17) is 9.47 Å². The number of amides is 2. The molecular formula is C20H24N2O4. The second-order valence-electron chi connectivity index (χ2n) is 7.81. The van der Waals surface area contributed by atoms with Gasteiger partial charge in [0, 0.05) is 31.3 Å². The highest BCUT2D eigenvalue weighted by Crippen LogP contribution is 2.55. The SMILES string of the molecule is O=C1N[C@@]23CCCC[C@@H]2[C@@H](c2ccccc2O3)[C@H]1C(=O)N1CCOCC1. The first-order chi connectivity index (χ1) is 12.7. The molecule has 2 bridgehead atoms. The fourth-order valence-corrected chi connectivity index (χ4v) is 5.32. The molecule has 0 radical (unpaired) electrons. The Morgan fingerprint density at radius 2 is 2.00 bits per heavy atom. The Balaban J connectivity index is 1.58. The summed E-state index contributed by atoms with van der Waals surface area (Å²) in [6.45, 7) is 2.20. The number of fused-ring (bicyclic) bond motifs is 2. The number of nitrogens with zero attached hydrogens (tertiary/aromatic N) is 1. The topological polar surface area (TPSA) is 67.9 Å². The highest BCUT2D eigenvalue weighted by Gasteiger charge is 2.61. The van der Waals surface area contributed by atoms with Crippen molar-refractivity contribution < 1.29 is 19.1 Å². The van der Waals surface area contributed by atoms with Crippen molar-refractivity contribution in [3.8, 4) is 5.75 Å². The van der Waals surface area contributed by atoms with E-state index in [9.17, 15) is 9.59 Å². The van der Waals surface area contributed by atoms with Gasteiger partial charge in [0.2, 0.25) is 11.8 Å². The fraction of sp³-hybridized carbons (Fsp3) is 0.600. The lowest BCUT2D eigenvalue weighted by atomic mass is 9.62. The normalized spacial score (nSPS) is 35.6. The smallest absolute Gasteiger partial charge is 0.236 e. The Morgan fingerprint density at radius 3 is 2.85 bits per heavy atom. The van der Waals surface area contributed by atoms with E-state index in [1.165, 1.54) is 0 Å². The van der Waals surface area contributed by atoms with Crippen LogP contribution in [0.3, 0.4) is 0 Å². The molecule has 4 aliphatic rings. The molecule has 0 spiro atoms. The lowest BCUT2D eigenvalue weighted by Gasteiger charge is -2.56. The predicted molar refractivity (Wildman–Crippen MR) is 93.5 cm³/mol. The summed E-state index contributed by atoms with van der Waals surface area (Å²) < 4.78 is 11.7. The Labute approximate surface area is 152 Å². The maximum absolute atomic E-state index is 13.3. The van der Waals surface area contributed by atoms with Crippen LogP contribution in [0.25, 0.3) is 0 Å². The number of rotatable bonds is 1. The molecule has 3 aliphatic heterocycles. The minimum atomic E-state index is -0.672. The first kappa shape index (κ1) is 16.1. The molecule has 1 aliphatic carbocycles. The Hall–Kier alpha value is -2.08. The number of carbonyl (C=O) groups excluding carboxylic acids is 2. The van der Waals surface area contributed by atoms with Crippen molar-refractivity contribution in [1.29, 1.82) is 0 Å². The fourth-order valence-electron chi connectivity index (χ4n) is 5.32. The lowest BCUT2D eigenvalue weighted by molar-refractivity contribution is -0.167. The van der Waals surface area contributed by atoms with Crippen LogP contribution in [-0.4, -0.2) is 48.7 Å². The molecule has 6 heteroatoms. The molecule has 4 atom stereocenters. The van der Waals surface area contributed by atoms with Gasteiger partial charge >= 0.3 is 0 Å². The first-order valence-corrected chi connectivity index (χ1v) is 9.66. The molecule has 0 aromatic heterocycles. The van der Waals surface area contributed by atoms with Crippen molar-refractivity contribution in [2.24, 2.45) is 11.8 Å². The number of ether oxygens (including phenoxy) is 2. The van der Waals surface area contributed by atoms with E-state index in [-0.39, 0.29) is 23.7 Å².